The number of alkyl halides is 1. The third-order valence-electron chi connectivity index (χ3n) is 4.26. The SMILES string of the molecule is O=C1c2ccccc2C(=O)C1(CI)c1ccc2c(c1)OCO2. The van der Waals surface area contributed by atoms with Crippen molar-refractivity contribution in [3.8, 4) is 11.5 Å². The second-order valence-electron chi connectivity index (χ2n) is 5.31. The van der Waals surface area contributed by atoms with Gasteiger partial charge in [-0.25, -0.2) is 0 Å². The van der Waals surface area contributed by atoms with E-state index >= 15 is 0 Å². The lowest BCUT2D eigenvalue weighted by Gasteiger charge is -2.24. The average Bonchev–Trinajstić information content (AvgIpc) is 3.10. The van der Waals surface area contributed by atoms with E-state index in [2.05, 4.69) is 22.6 Å². The lowest BCUT2D eigenvalue weighted by Crippen LogP contribution is -2.40. The van der Waals surface area contributed by atoms with Crippen LogP contribution in [0.3, 0.4) is 0 Å². The van der Waals surface area contributed by atoms with Crippen LogP contribution in [0, 0.1) is 0 Å². The molecule has 0 saturated carbocycles. The van der Waals surface area contributed by atoms with E-state index < -0.39 is 5.41 Å². The van der Waals surface area contributed by atoms with Crippen LogP contribution in [-0.4, -0.2) is 22.8 Å². The van der Waals surface area contributed by atoms with Crippen LogP contribution in [0.1, 0.15) is 26.3 Å². The molecule has 1 aliphatic carbocycles. The maximum Gasteiger partial charge on any atom is 0.231 e. The van der Waals surface area contributed by atoms with Crippen molar-refractivity contribution in [1.82, 2.24) is 0 Å². The van der Waals surface area contributed by atoms with Gasteiger partial charge >= 0.3 is 0 Å². The van der Waals surface area contributed by atoms with E-state index in [0.29, 0.717) is 32.6 Å². The van der Waals surface area contributed by atoms with Gasteiger partial charge in [-0.2, -0.15) is 0 Å². The molecule has 0 fully saturated rings. The van der Waals surface area contributed by atoms with Crippen LogP contribution >= 0.6 is 22.6 Å². The van der Waals surface area contributed by atoms with Crippen molar-refractivity contribution in [2.45, 2.75) is 5.41 Å². The van der Waals surface area contributed by atoms with Crippen molar-refractivity contribution in [3.05, 3.63) is 59.2 Å². The normalized spacial score (nSPS) is 17.7. The first kappa shape index (κ1) is 13.8. The third kappa shape index (κ3) is 1.63. The van der Waals surface area contributed by atoms with Crippen LogP contribution in [0.25, 0.3) is 0 Å². The van der Waals surface area contributed by atoms with Gasteiger partial charge in [-0.15, -0.1) is 0 Å². The van der Waals surface area contributed by atoms with Crippen LogP contribution in [-0.2, 0) is 5.41 Å². The number of ketones is 2. The summed E-state index contributed by atoms with van der Waals surface area (Å²) in [7, 11) is 0. The standard InChI is InChI=1S/C17H11IO4/c18-8-17(10-5-6-13-14(7-10)22-9-21-13)15(19)11-3-1-2-4-12(11)16(17)20/h1-7H,8-9H2. The minimum atomic E-state index is -1.16. The summed E-state index contributed by atoms with van der Waals surface area (Å²) in [6.45, 7) is 0.165. The first-order valence-electron chi connectivity index (χ1n) is 6.83. The lowest BCUT2D eigenvalue weighted by molar-refractivity contribution is 0.0817. The number of halogens is 1. The number of Topliss-reactive ketones (excluding diaryl/α,β-unsaturated/α-hetero) is 2. The number of fused-ring (bicyclic) bond motifs is 2. The highest BCUT2D eigenvalue weighted by atomic mass is 127. The van der Waals surface area contributed by atoms with Gasteiger partial charge in [0.1, 0.15) is 5.41 Å². The van der Waals surface area contributed by atoms with Gasteiger partial charge in [0.15, 0.2) is 23.1 Å². The summed E-state index contributed by atoms with van der Waals surface area (Å²) in [5.41, 5.74) is 0.506. The van der Waals surface area contributed by atoms with Crippen molar-refractivity contribution in [2.24, 2.45) is 0 Å². The zero-order chi connectivity index (χ0) is 15.3. The molecule has 5 heteroatoms. The van der Waals surface area contributed by atoms with Crippen LogP contribution in [0.2, 0.25) is 0 Å². The summed E-state index contributed by atoms with van der Waals surface area (Å²) in [6.07, 6.45) is 0. The van der Waals surface area contributed by atoms with Crippen molar-refractivity contribution in [1.29, 1.82) is 0 Å². The van der Waals surface area contributed by atoms with Crippen LogP contribution in [0.15, 0.2) is 42.5 Å². The molecule has 4 nitrogen and oxygen atoms in total. The van der Waals surface area contributed by atoms with Gasteiger partial charge in [0.25, 0.3) is 0 Å². The van der Waals surface area contributed by atoms with Crippen molar-refractivity contribution in [3.63, 3.8) is 0 Å². The minimum absolute atomic E-state index is 0.138. The lowest BCUT2D eigenvalue weighted by atomic mass is 9.78. The number of carbonyl (C=O) groups excluding carboxylic acids is 2. The Hall–Kier alpha value is -1.89. The summed E-state index contributed by atoms with van der Waals surface area (Å²) >= 11 is 2.11. The first-order chi connectivity index (χ1) is 10.7. The minimum Gasteiger partial charge on any atom is -0.454 e. The number of rotatable bonds is 2. The predicted molar refractivity (Wildman–Crippen MR) is 88.2 cm³/mol. The topological polar surface area (TPSA) is 52.6 Å². The fraction of sp³-hybridized carbons (Fsp3) is 0.176. The number of ether oxygens (including phenoxy) is 2. The fourth-order valence-electron chi connectivity index (χ4n) is 3.06. The summed E-state index contributed by atoms with van der Waals surface area (Å²) in [5, 5.41) is 0. The zero-order valence-corrected chi connectivity index (χ0v) is 13.6. The molecule has 2 aromatic carbocycles. The molecule has 0 amide bonds. The molecule has 0 radical (unpaired) electrons. The maximum absolute atomic E-state index is 13.0. The highest BCUT2D eigenvalue weighted by Gasteiger charge is 2.53. The molecule has 110 valence electrons. The van der Waals surface area contributed by atoms with E-state index in [-0.39, 0.29) is 18.4 Å². The van der Waals surface area contributed by atoms with Gasteiger partial charge in [0, 0.05) is 15.6 Å². The smallest absolute Gasteiger partial charge is 0.231 e. The third-order valence-corrected chi connectivity index (χ3v) is 5.40. The molecule has 0 aromatic heterocycles. The molecule has 0 unspecified atom stereocenters. The first-order valence-corrected chi connectivity index (χ1v) is 8.36. The highest BCUT2D eigenvalue weighted by Crippen LogP contribution is 2.44. The Morgan fingerprint density at radius 3 is 2.23 bits per heavy atom. The molecule has 1 aliphatic heterocycles. The van der Waals surface area contributed by atoms with Crippen molar-refractivity contribution >= 4 is 34.2 Å². The molecule has 0 atom stereocenters. The zero-order valence-electron chi connectivity index (χ0n) is 11.5. The molecule has 0 bridgehead atoms. The summed E-state index contributed by atoms with van der Waals surface area (Å²) < 4.78 is 11.1. The number of hydrogen-bond acceptors (Lipinski definition) is 4. The predicted octanol–water partition coefficient (Wildman–Crippen LogP) is 3.17. The van der Waals surface area contributed by atoms with Crippen molar-refractivity contribution in [2.75, 3.05) is 11.2 Å². The summed E-state index contributed by atoms with van der Waals surface area (Å²) in [6, 6.07) is 12.3. The summed E-state index contributed by atoms with van der Waals surface area (Å²) in [4.78, 5) is 25.9. The van der Waals surface area contributed by atoms with E-state index in [1.54, 1.807) is 42.5 Å². The Balaban J connectivity index is 1.92. The van der Waals surface area contributed by atoms with E-state index in [9.17, 15) is 9.59 Å². The van der Waals surface area contributed by atoms with Crippen LogP contribution in [0.4, 0.5) is 0 Å². The van der Waals surface area contributed by atoms with E-state index in [1.165, 1.54) is 0 Å². The van der Waals surface area contributed by atoms with E-state index in [4.69, 9.17) is 9.47 Å². The van der Waals surface area contributed by atoms with Gasteiger partial charge in [-0.3, -0.25) is 9.59 Å². The molecule has 1 heterocycles. The molecule has 22 heavy (non-hydrogen) atoms. The molecule has 0 N–H and O–H groups in total. The van der Waals surface area contributed by atoms with Gasteiger partial charge in [-0.05, 0) is 17.7 Å². The summed E-state index contributed by atoms with van der Waals surface area (Å²) in [5.74, 6) is 0.948. The van der Waals surface area contributed by atoms with Crippen LogP contribution < -0.4 is 9.47 Å². The second kappa shape index (κ2) is 4.81. The Morgan fingerprint density at radius 1 is 0.955 bits per heavy atom. The number of benzene rings is 2. The average molecular weight is 406 g/mol. The Labute approximate surface area is 140 Å². The number of carbonyl (C=O) groups is 2. The molecule has 4 rings (SSSR count). The number of hydrogen-bond donors (Lipinski definition) is 0. The van der Waals surface area contributed by atoms with E-state index in [1.807, 2.05) is 0 Å². The highest BCUT2D eigenvalue weighted by molar-refractivity contribution is 14.1. The van der Waals surface area contributed by atoms with Gasteiger partial charge < -0.3 is 9.47 Å². The molecular formula is C17H11IO4. The Bertz CT molecular complexity index is 777. The Morgan fingerprint density at radius 2 is 1.59 bits per heavy atom. The van der Waals surface area contributed by atoms with Crippen molar-refractivity contribution < 1.29 is 19.1 Å². The van der Waals surface area contributed by atoms with E-state index in [0.717, 1.165) is 0 Å². The largest absolute Gasteiger partial charge is 0.454 e. The quantitative estimate of drug-likeness (QED) is 0.437. The van der Waals surface area contributed by atoms with Gasteiger partial charge in [0.05, 0.1) is 0 Å². The molecule has 0 spiro atoms. The molecule has 0 saturated heterocycles. The molecule has 2 aliphatic rings. The fourth-order valence-corrected chi connectivity index (χ4v) is 4.20. The van der Waals surface area contributed by atoms with Gasteiger partial charge in [0.2, 0.25) is 6.79 Å². The molecule has 2 aromatic rings. The molecular weight excluding hydrogens is 395 g/mol. The van der Waals surface area contributed by atoms with Crippen LogP contribution in [0.5, 0.6) is 11.5 Å². The van der Waals surface area contributed by atoms with Gasteiger partial charge in [-0.1, -0.05) is 52.9 Å². The monoisotopic (exact) mass is 406 g/mol. The Kier molecular flexibility index (Phi) is 3.00. The second-order valence-corrected chi connectivity index (χ2v) is 6.07. The maximum atomic E-state index is 13.0.